The first-order valence-electron chi connectivity index (χ1n) is 12.6. The van der Waals surface area contributed by atoms with Crippen LogP contribution >= 0.6 is 0 Å². The number of aromatic nitrogens is 4. The van der Waals surface area contributed by atoms with Gasteiger partial charge in [-0.05, 0) is 48.9 Å². The van der Waals surface area contributed by atoms with E-state index in [1.54, 1.807) is 22.4 Å². The summed E-state index contributed by atoms with van der Waals surface area (Å²) in [6, 6.07) is 16.2. The van der Waals surface area contributed by atoms with Gasteiger partial charge in [0.15, 0.2) is 5.75 Å². The van der Waals surface area contributed by atoms with Crippen molar-refractivity contribution in [2.75, 3.05) is 6.61 Å². The van der Waals surface area contributed by atoms with Crippen LogP contribution in [0.2, 0.25) is 0 Å². The average Bonchev–Trinajstić information content (AvgIpc) is 3.44. The predicted molar refractivity (Wildman–Crippen MR) is 143 cm³/mol. The number of hydrogen-bond acceptors (Lipinski definition) is 3. The van der Waals surface area contributed by atoms with Crippen molar-refractivity contribution in [3.8, 4) is 16.9 Å². The topological polar surface area (TPSA) is 73.9 Å². The Labute approximate surface area is 208 Å². The highest BCUT2D eigenvalue weighted by Gasteiger charge is 2.24. The monoisotopic (exact) mass is 482 g/mol. The van der Waals surface area contributed by atoms with Crippen LogP contribution in [-0.4, -0.2) is 25.3 Å². The SMILES string of the molecule is Cn1cc(-c2ccc3c(c2OCC2CCC2)n(CCc2ccccc2)c(=O)n3C)c2cc[nH]c2c1=O. The van der Waals surface area contributed by atoms with E-state index in [0.29, 0.717) is 30.3 Å². The van der Waals surface area contributed by atoms with Crippen molar-refractivity contribution in [3.05, 3.63) is 87.3 Å². The minimum absolute atomic E-state index is 0.0566. The summed E-state index contributed by atoms with van der Waals surface area (Å²) in [5.74, 6) is 1.25. The van der Waals surface area contributed by atoms with Crippen LogP contribution in [-0.2, 0) is 27.1 Å². The number of aryl methyl sites for hydroxylation is 4. The number of pyridine rings is 1. The van der Waals surface area contributed by atoms with Crippen molar-refractivity contribution in [1.29, 1.82) is 0 Å². The second-order valence-corrected chi connectivity index (χ2v) is 9.87. The molecule has 184 valence electrons. The predicted octanol–water partition coefficient (Wildman–Crippen LogP) is 4.61. The molecule has 6 rings (SSSR count). The van der Waals surface area contributed by atoms with Gasteiger partial charge in [-0.3, -0.25) is 13.9 Å². The maximum absolute atomic E-state index is 13.4. The zero-order chi connectivity index (χ0) is 24.8. The molecule has 1 aliphatic rings. The van der Waals surface area contributed by atoms with Crippen LogP contribution < -0.4 is 16.0 Å². The quantitative estimate of drug-likeness (QED) is 0.368. The third-order valence-electron chi connectivity index (χ3n) is 7.60. The fraction of sp³-hybridized carbons (Fsp3) is 0.310. The molecule has 0 radical (unpaired) electrons. The number of benzene rings is 2. The van der Waals surface area contributed by atoms with E-state index in [1.165, 1.54) is 24.8 Å². The summed E-state index contributed by atoms with van der Waals surface area (Å²) in [7, 11) is 3.58. The molecule has 0 aliphatic heterocycles. The Bertz CT molecular complexity index is 1680. The van der Waals surface area contributed by atoms with E-state index >= 15 is 0 Å². The summed E-state index contributed by atoms with van der Waals surface area (Å²) < 4.78 is 11.7. The van der Waals surface area contributed by atoms with Crippen molar-refractivity contribution in [2.24, 2.45) is 20.0 Å². The first-order valence-corrected chi connectivity index (χ1v) is 12.6. The minimum Gasteiger partial charge on any atom is -0.490 e. The molecular formula is C29H30N4O3. The standard InChI is InChI=1S/C29H30N4O3/c1-31-17-23(21-13-15-30-25(21)28(31)34)22-11-12-24-26(27(22)36-18-20-9-6-10-20)33(29(35)32(24)2)16-14-19-7-4-3-5-8-19/h3-5,7-8,11-13,15,17,20,30H,6,9-10,14,16,18H2,1-2H3. The molecular weight excluding hydrogens is 452 g/mol. The number of imidazole rings is 1. The van der Waals surface area contributed by atoms with Gasteiger partial charge in [-0.15, -0.1) is 0 Å². The lowest BCUT2D eigenvalue weighted by molar-refractivity contribution is 0.182. The highest BCUT2D eigenvalue weighted by molar-refractivity contribution is 6.00. The molecule has 1 saturated carbocycles. The van der Waals surface area contributed by atoms with E-state index in [9.17, 15) is 9.59 Å². The maximum Gasteiger partial charge on any atom is 0.328 e. The van der Waals surface area contributed by atoms with Gasteiger partial charge in [-0.25, -0.2) is 4.79 Å². The van der Waals surface area contributed by atoms with E-state index in [-0.39, 0.29) is 11.2 Å². The molecule has 5 aromatic rings. The Balaban J connectivity index is 1.56. The second-order valence-electron chi connectivity index (χ2n) is 9.87. The second kappa shape index (κ2) is 8.90. The van der Waals surface area contributed by atoms with Gasteiger partial charge in [0, 0.05) is 49.5 Å². The summed E-state index contributed by atoms with van der Waals surface area (Å²) in [6.45, 7) is 1.17. The Morgan fingerprint density at radius 3 is 2.56 bits per heavy atom. The molecule has 7 heteroatoms. The first kappa shape index (κ1) is 22.5. The Morgan fingerprint density at radius 2 is 1.81 bits per heavy atom. The van der Waals surface area contributed by atoms with Crippen LogP contribution in [0, 0.1) is 5.92 Å². The first-order chi connectivity index (χ1) is 17.5. The van der Waals surface area contributed by atoms with Crippen molar-refractivity contribution < 1.29 is 4.74 Å². The van der Waals surface area contributed by atoms with E-state index in [2.05, 4.69) is 17.1 Å². The molecule has 0 atom stereocenters. The fourth-order valence-electron chi connectivity index (χ4n) is 5.27. The number of ether oxygens (including phenoxy) is 1. The van der Waals surface area contributed by atoms with Gasteiger partial charge < -0.3 is 14.3 Å². The van der Waals surface area contributed by atoms with Crippen LogP contribution in [0.1, 0.15) is 24.8 Å². The van der Waals surface area contributed by atoms with Gasteiger partial charge in [0.2, 0.25) is 0 Å². The van der Waals surface area contributed by atoms with E-state index in [1.807, 2.05) is 54.2 Å². The van der Waals surface area contributed by atoms with Gasteiger partial charge in [0.25, 0.3) is 5.56 Å². The lowest BCUT2D eigenvalue weighted by Gasteiger charge is -2.26. The minimum atomic E-state index is -0.0729. The molecule has 0 spiro atoms. The van der Waals surface area contributed by atoms with Crippen LogP contribution in [0.25, 0.3) is 33.1 Å². The Kier molecular flexibility index (Phi) is 5.55. The fourth-order valence-corrected chi connectivity index (χ4v) is 5.27. The molecule has 3 heterocycles. The smallest absolute Gasteiger partial charge is 0.328 e. The normalized spacial score (nSPS) is 13.9. The summed E-state index contributed by atoms with van der Waals surface area (Å²) in [4.78, 5) is 29.2. The van der Waals surface area contributed by atoms with Crippen LogP contribution in [0.5, 0.6) is 5.75 Å². The molecule has 2 aromatic carbocycles. The lowest BCUT2D eigenvalue weighted by atomic mass is 9.86. The number of H-pyrrole nitrogens is 1. The number of hydrogen-bond donors (Lipinski definition) is 1. The molecule has 1 N–H and O–H groups in total. The van der Waals surface area contributed by atoms with Gasteiger partial charge in [0.1, 0.15) is 11.0 Å². The molecule has 7 nitrogen and oxygen atoms in total. The highest BCUT2D eigenvalue weighted by Crippen LogP contribution is 2.40. The average molecular weight is 483 g/mol. The molecule has 36 heavy (non-hydrogen) atoms. The van der Waals surface area contributed by atoms with E-state index in [0.717, 1.165) is 34.0 Å². The van der Waals surface area contributed by atoms with Crippen LogP contribution in [0.4, 0.5) is 0 Å². The number of rotatable bonds is 7. The van der Waals surface area contributed by atoms with Crippen molar-refractivity contribution in [3.63, 3.8) is 0 Å². The molecule has 0 unspecified atom stereocenters. The third kappa shape index (κ3) is 3.66. The third-order valence-corrected chi connectivity index (χ3v) is 7.60. The molecule has 1 aliphatic carbocycles. The summed E-state index contributed by atoms with van der Waals surface area (Å²) in [6.07, 6.45) is 7.98. The van der Waals surface area contributed by atoms with Gasteiger partial charge in [-0.1, -0.05) is 36.8 Å². The summed E-state index contributed by atoms with van der Waals surface area (Å²) in [5.41, 5.74) is 5.07. The van der Waals surface area contributed by atoms with Gasteiger partial charge >= 0.3 is 5.69 Å². The largest absolute Gasteiger partial charge is 0.490 e. The Morgan fingerprint density at radius 1 is 1.00 bits per heavy atom. The van der Waals surface area contributed by atoms with Crippen LogP contribution in [0.3, 0.4) is 0 Å². The highest BCUT2D eigenvalue weighted by atomic mass is 16.5. The summed E-state index contributed by atoms with van der Waals surface area (Å²) in [5, 5.41) is 0.847. The zero-order valence-electron chi connectivity index (χ0n) is 20.7. The molecule has 0 saturated heterocycles. The lowest BCUT2D eigenvalue weighted by Crippen LogP contribution is -2.23. The molecule has 0 bridgehead atoms. The van der Waals surface area contributed by atoms with Crippen molar-refractivity contribution >= 4 is 21.9 Å². The maximum atomic E-state index is 13.4. The molecule has 3 aromatic heterocycles. The number of fused-ring (bicyclic) bond motifs is 2. The number of nitrogens with one attached hydrogen (secondary N) is 1. The Hall–Kier alpha value is -4.00. The van der Waals surface area contributed by atoms with Crippen molar-refractivity contribution in [1.82, 2.24) is 18.7 Å². The van der Waals surface area contributed by atoms with E-state index < -0.39 is 0 Å². The molecule has 1 fully saturated rings. The van der Waals surface area contributed by atoms with Crippen LogP contribution in [0.15, 0.2) is 70.5 Å². The van der Waals surface area contributed by atoms with Crippen molar-refractivity contribution in [2.45, 2.75) is 32.2 Å². The van der Waals surface area contributed by atoms with E-state index in [4.69, 9.17) is 4.74 Å². The number of nitrogens with zero attached hydrogens (tertiary/aromatic N) is 3. The van der Waals surface area contributed by atoms with Gasteiger partial charge in [0.05, 0.1) is 12.1 Å². The summed E-state index contributed by atoms with van der Waals surface area (Å²) >= 11 is 0. The number of aromatic amines is 1. The van der Waals surface area contributed by atoms with Gasteiger partial charge in [-0.2, -0.15) is 0 Å². The zero-order valence-corrected chi connectivity index (χ0v) is 20.7. The molecule has 0 amide bonds.